The standard InChI is InChI=1S/C20H19ClN4O3S2/c21-15-5-2-6-17-14(15)10-18(29-17)30(27,28)24-16-7-8-25(20(16)26)11-12-3-1-4-13(9-12)19(22)23/h1-6,9-10,16,24H,7-8,11H2,(H3,22,23). The number of hydrogen-bond donors (Lipinski definition) is 3. The Labute approximate surface area is 183 Å². The Morgan fingerprint density at radius 3 is 2.77 bits per heavy atom. The highest BCUT2D eigenvalue weighted by Gasteiger charge is 2.35. The first-order chi connectivity index (χ1) is 14.2. The van der Waals surface area contributed by atoms with Crippen LogP contribution < -0.4 is 10.5 Å². The molecular weight excluding hydrogens is 444 g/mol. The zero-order valence-corrected chi connectivity index (χ0v) is 18.2. The summed E-state index contributed by atoms with van der Waals surface area (Å²) in [6.45, 7) is 0.769. The number of carbonyl (C=O) groups is 1. The average Bonchev–Trinajstić information content (AvgIpc) is 3.29. The van der Waals surface area contributed by atoms with Crippen molar-refractivity contribution in [3.05, 3.63) is 64.7 Å². The van der Waals surface area contributed by atoms with Gasteiger partial charge in [0.25, 0.3) is 10.0 Å². The minimum Gasteiger partial charge on any atom is -0.384 e. The fraction of sp³-hybridized carbons (Fsp3) is 0.200. The number of carbonyl (C=O) groups excluding carboxylic acids is 1. The predicted molar refractivity (Wildman–Crippen MR) is 118 cm³/mol. The van der Waals surface area contributed by atoms with E-state index in [1.165, 1.54) is 6.07 Å². The van der Waals surface area contributed by atoms with Gasteiger partial charge in [-0.1, -0.05) is 35.9 Å². The van der Waals surface area contributed by atoms with Gasteiger partial charge in [-0.15, -0.1) is 11.3 Å². The fourth-order valence-corrected chi connectivity index (χ4v) is 6.38. The summed E-state index contributed by atoms with van der Waals surface area (Å²) in [6, 6.07) is 13.1. The summed E-state index contributed by atoms with van der Waals surface area (Å²) >= 11 is 7.27. The molecule has 1 unspecified atom stereocenters. The fourth-order valence-electron chi connectivity index (χ4n) is 3.44. The second-order valence-electron chi connectivity index (χ2n) is 7.05. The minimum atomic E-state index is -3.85. The topological polar surface area (TPSA) is 116 Å². The molecule has 0 radical (unpaired) electrons. The molecule has 1 aliphatic rings. The van der Waals surface area contributed by atoms with E-state index < -0.39 is 16.1 Å². The number of hydrogen-bond acceptors (Lipinski definition) is 5. The Balaban J connectivity index is 1.49. The molecule has 0 aliphatic carbocycles. The van der Waals surface area contributed by atoms with Gasteiger partial charge in [0.15, 0.2) is 0 Å². The molecule has 7 nitrogen and oxygen atoms in total. The lowest BCUT2D eigenvalue weighted by molar-refractivity contribution is -0.129. The van der Waals surface area contributed by atoms with Crippen LogP contribution in [-0.4, -0.2) is 37.6 Å². The number of amides is 1. The molecule has 3 aromatic rings. The molecule has 1 amide bonds. The highest BCUT2D eigenvalue weighted by atomic mass is 35.5. The number of nitrogens with two attached hydrogens (primary N) is 1. The molecule has 1 atom stereocenters. The largest absolute Gasteiger partial charge is 0.384 e. The van der Waals surface area contributed by atoms with Crippen molar-refractivity contribution in [2.45, 2.75) is 23.2 Å². The van der Waals surface area contributed by atoms with Gasteiger partial charge in [0.05, 0.1) is 0 Å². The van der Waals surface area contributed by atoms with Crippen LogP contribution in [0.2, 0.25) is 5.02 Å². The number of nitrogen functional groups attached to an aromatic ring is 1. The third-order valence-corrected chi connectivity index (χ3v) is 8.33. The quantitative estimate of drug-likeness (QED) is 0.385. The molecule has 2 aromatic carbocycles. The number of likely N-dealkylation sites (tertiary alicyclic amines) is 1. The Bertz CT molecular complexity index is 1260. The summed E-state index contributed by atoms with van der Waals surface area (Å²) in [5, 5.41) is 8.70. The molecule has 1 aromatic heterocycles. The molecule has 1 fully saturated rings. The molecule has 30 heavy (non-hydrogen) atoms. The number of amidine groups is 1. The molecule has 4 rings (SSSR count). The van der Waals surface area contributed by atoms with Gasteiger partial charge in [-0.3, -0.25) is 10.2 Å². The SMILES string of the molecule is N=C(N)c1cccc(CN2CCC(NS(=O)(=O)c3cc4c(Cl)cccc4s3)C2=O)c1. The van der Waals surface area contributed by atoms with Crippen LogP contribution in [0.4, 0.5) is 0 Å². The van der Waals surface area contributed by atoms with E-state index >= 15 is 0 Å². The van der Waals surface area contributed by atoms with E-state index in [1.54, 1.807) is 35.2 Å². The number of benzene rings is 2. The maximum atomic E-state index is 12.8. The second-order valence-corrected chi connectivity index (χ2v) is 10.5. The van der Waals surface area contributed by atoms with Crippen LogP contribution in [0, 0.1) is 5.41 Å². The van der Waals surface area contributed by atoms with E-state index in [2.05, 4.69) is 4.72 Å². The Kier molecular flexibility index (Phi) is 5.54. The molecule has 1 saturated heterocycles. The van der Waals surface area contributed by atoms with Gasteiger partial charge in [-0.25, -0.2) is 8.42 Å². The summed E-state index contributed by atoms with van der Waals surface area (Å²) in [4.78, 5) is 14.4. The van der Waals surface area contributed by atoms with E-state index in [1.807, 2.05) is 12.1 Å². The van der Waals surface area contributed by atoms with Crippen molar-refractivity contribution >= 4 is 54.8 Å². The first-order valence-corrected chi connectivity index (χ1v) is 11.8. The van der Waals surface area contributed by atoms with E-state index in [0.29, 0.717) is 35.5 Å². The number of fused-ring (bicyclic) bond motifs is 1. The smallest absolute Gasteiger partial charge is 0.250 e. The van der Waals surface area contributed by atoms with Crippen LogP contribution in [0.5, 0.6) is 0 Å². The van der Waals surface area contributed by atoms with Crippen LogP contribution in [0.15, 0.2) is 52.7 Å². The van der Waals surface area contributed by atoms with E-state index in [-0.39, 0.29) is 16.0 Å². The average molecular weight is 463 g/mol. The normalized spacial score (nSPS) is 17.0. The Morgan fingerprint density at radius 1 is 1.27 bits per heavy atom. The van der Waals surface area contributed by atoms with Crippen LogP contribution in [0.1, 0.15) is 17.5 Å². The number of nitrogens with one attached hydrogen (secondary N) is 2. The highest BCUT2D eigenvalue weighted by molar-refractivity contribution is 7.91. The summed E-state index contributed by atoms with van der Waals surface area (Å²) in [6.07, 6.45) is 0.385. The maximum Gasteiger partial charge on any atom is 0.250 e. The monoisotopic (exact) mass is 462 g/mol. The maximum absolute atomic E-state index is 12.8. The van der Waals surface area contributed by atoms with Crippen molar-refractivity contribution in [2.75, 3.05) is 6.54 Å². The van der Waals surface area contributed by atoms with Crippen LogP contribution in [-0.2, 0) is 21.4 Å². The van der Waals surface area contributed by atoms with Crippen LogP contribution in [0.3, 0.4) is 0 Å². The lowest BCUT2D eigenvalue weighted by atomic mass is 10.1. The van der Waals surface area contributed by atoms with E-state index in [4.69, 9.17) is 22.7 Å². The van der Waals surface area contributed by atoms with Crippen LogP contribution >= 0.6 is 22.9 Å². The lowest BCUT2D eigenvalue weighted by Crippen LogP contribution is -2.41. The van der Waals surface area contributed by atoms with Gasteiger partial charge >= 0.3 is 0 Å². The summed E-state index contributed by atoms with van der Waals surface area (Å²) in [5.74, 6) is -0.315. The zero-order valence-electron chi connectivity index (χ0n) is 15.8. The van der Waals surface area contributed by atoms with Crippen LogP contribution in [0.25, 0.3) is 10.1 Å². The second kappa shape index (κ2) is 7.99. The van der Waals surface area contributed by atoms with Crippen molar-refractivity contribution in [1.29, 1.82) is 5.41 Å². The summed E-state index contributed by atoms with van der Waals surface area (Å²) in [5.41, 5.74) is 6.94. The number of rotatable bonds is 6. The number of thiophene rings is 1. The number of nitrogens with zero attached hydrogens (tertiary/aromatic N) is 1. The molecule has 156 valence electrons. The number of sulfonamides is 1. The van der Waals surface area contributed by atoms with Crippen molar-refractivity contribution in [3.63, 3.8) is 0 Å². The Hall–Kier alpha value is -2.46. The van der Waals surface area contributed by atoms with E-state index in [0.717, 1.165) is 21.6 Å². The van der Waals surface area contributed by atoms with Gasteiger partial charge in [-0.05, 0) is 36.2 Å². The molecule has 0 spiro atoms. The molecule has 0 bridgehead atoms. The summed E-state index contributed by atoms with van der Waals surface area (Å²) < 4.78 is 29.1. The lowest BCUT2D eigenvalue weighted by Gasteiger charge is -2.17. The van der Waals surface area contributed by atoms with Gasteiger partial charge in [-0.2, -0.15) is 4.72 Å². The van der Waals surface area contributed by atoms with Gasteiger partial charge in [0, 0.05) is 33.8 Å². The summed E-state index contributed by atoms with van der Waals surface area (Å²) in [7, 11) is -3.85. The third-order valence-electron chi connectivity index (χ3n) is 4.96. The molecule has 2 heterocycles. The first-order valence-electron chi connectivity index (χ1n) is 9.17. The van der Waals surface area contributed by atoms with Gasteiger partial charge < -0.3 is 10.6 Å². The molecule has 10 heteroatoms. The Morgan fingerprint density at radius 2 is 2.03 bits per heavy atom. The third kappa shape index (κ3) is 4.06. The molecule has 1 aliphatic heterocycles. The highest BCUT2D eigenvalue weighted by Crippen LogP contribution is 2.33. The van der Waals surface area contributed by atoms with Gasteiger partial charge in [0.1, 0.15) is 16.1 Å². The minimum absolute atomic E-state index is 0.0429. The van der Waals surface area contributed by atoms with Crippen molar-refractivity contribution < 1.29 is 13.2 Å². The zero-order chi connectivity index (χ0) is 21.5. The molecule has 4 N–H and O–H groups in total. The van der Waals surface area contributed by atoms with Crippen molar-refractivity contribution in [2.24, 2.45) is 5.73 Å². The predicted octanol–water partition coefficient (Wildman–Crippen LogP) is 2.92. The van der Waals surface area contributed by atoms with Gasteiger partial charge in [0.2, 0.25) is 5.91 Å². The van der Waals surface area contributed by atoms with E-state index in [9.17, 15) is 13.2 Å². The van der Waals surface area contributed by atoms with Crippen molar-refractivity contribution in [1.82, 2.24) is 9.62 Å². The molecule has 0 saturated carbocycles. The van der Waals surface area contributed by atoms with Crippen molar-refractivity contribution in [3.8, 4) is 0 Å². The number of halogens is 1. The first kappa shape index (κ1) is 20.8. The molecular formula is C20H19ClN4O3S2.